The molecule has 2 aromatic carbocycles. The highest BCUT2D eigenvalue weighted by Crippen LogP contribution is 2.33. The van der Waals surface area contributed by atoms with Crippen LogP contribution < -0.4 is 5.32 Å². The van der Waals surface area contributed by atoms with E-state index in [9.17, 15) is 13.2 Å². The first kappa shape index (κ1) is 14.9. The van der Waals surface area contributed by atoms with Gasteiger partial charge in [-0.05, 0) is 43.8 Å². The second kappa shape index (κ2) is 6.33. The lowest BCUT2D eigenvalue weighted by Gasteiger charge is -2.12. The van der Waals surface area contributed by atoms with Gasteiger partial charge in [-0.15, -0.1) is 0 Å². The lowest BCUT2D eigenvalue weighted by atomic mass is 10.1. The lowest BCUT2D eigenvalue weighted by Crippen LogP contribution is -2.12. The van der Waals surface area contributed by atoms with E-state index in [1.807, 2.05) is 6.92 Å². The predicted molar refractivity (Wildman–Crippen MR) is 74.4 cm³/mol. The van der Waals surface area contributed by atoms with Crippen LogP contribution >= 0.6 is 11.8 Å². The zero-order valence-electron chi connectivity index (χ0n) is 11.1. The zero-order valence-corrected chi connectivity index (χ0v) is 11.9. The summed E-state index contributed by atoms with van der Waals surface area (Å²) in [5.74, 6) is -1.76. The molecular formula is C15H14F3NS. The van der Waals surface area contributed by atoms with Crippen LogP contribution in [0.5, 0.6) is 0 Å². The minimum absolute atomic E-state index is 0.0334. The number of hydrogen-bond acceptors (Lipinski definition) is 2. The van der Waals surface area contributed by atoms with Crippen LogP contribution in [-0.2, 0) is 0 Å². The molecule has 0 bridgehead atoms. The maximum atomic E-state index is 14.0. The van der Waals surface area contributed by atoms with Crippen LogP contribution in [0.25, 0.3) is 0 Å². The monoisotopic (exact) mass is 297 g/mol. The Labute approximate surface area is 120 Å². The predicted octanol–water partition coefficient (Wildman–Crippen LogP) is 4.54. The second-order valence-electron chi connectivity index (χ2n) is 4.38. The third kappa shape index (κ3) is 3.35. The van der Waals surface area contributed by atoms with Crippen molar-refractivity contribution in [3.8, 4) is 0 Å². The smallest absolute Gasteiger partial charge is 0.140 e. The van der Waals surface area contributed by atoms with Crippen molar-refractivity contribution >= 4 is 11.8 Å². The standard InChI is InChI=1S/C15H14F3NS/c1-9(19-2)10-3-5-14(12(17)7-10)20-15-6-4-11(16)8-13(15)18/h3-9,19H,1-2H3. The first-order valence-electron chi connectivity index (χ1n) is 6.11. The molecule has 1 N–H and O–H groups in total. The molecule has 0 saturated heterocycles. The van der Waals surface area contributed by atoms with Crippen molar-refractivity contribution in [1.29, 1.82) is 0 Å². The minimum atomic E-state index is -0.693. The molecule has 2 rings (SSSR count). The summed E-state index contributed by atoms with van der Waals surface area (Å²) in [5.41, 5.74) is 0.814. The van der Waals surface area contributed by atoms with Gasteiger partial charge in [-0.25, -0.2) is 13.2 Å². The van der Waals surface area contributed by atoms with Crippen LogP contribution in [0.1, 0.15) is 18.5 Å². The minimum Gasteiger partial charge on any atom is -0.313 e. The molecule has 0 aliphatic carbocycles. The molecule has 1 nitrogen and oxygen atoms in total. The van der Waals surface area contributed by atoms with E-state index in [1.165, 1.54) is 12.1 Å². The van der Waals surface area contributed by atoms with Crippen molar-refractivity contribution in [2.75, 3.05) is 7.05 Å². The molecule has 0 radical (unpaired) electrons. The van der Waals surface area contributed by atoms with E-state index in [0.29, 0.717) is 4.90 Å². The van der Waals surface area contributed by atoms with Gasteiger partial charge in [0.1, 0.15) is 17.5 Å². The topological polar surface area (TPSA) is 12.0 Å². The van der Waals surface area contributed by atoms with Gasteiger partial charge in [0.25, 0.3) is 0 Å². The number of nitrogens with one attached hydrogen (secondary N) is 1. The SMILES string of the molecule is CNC(C)c1ccc(Sc2ccc(F)cc2F)c(F)c1. The highest BCUT2D eigenvalue weighted by atomic mass is 32.2. The van der Waals surface area contributed by atoms with Gasteiger partial charge in [0, 0.05) is 21.9 Å². The van der Waals surface area contributed by atoms with E-state index in [2.05, 4.69) is 5.32 Å². The van der Waals surface area contributed by atoms with Crippen LogP contribution in [0.3, 0.4) is 0 Å². The van der Waals surface area contributed by atoms with Gasteiger partial charge in [-0.2, -0.15) is 0 Å². The second-order valence-corrected chi connectivity index (χ2v) is 5.46. The Morgan fingerprint density at radius 3 is 2.10 bits per heavy atom. The van der Waals surface area contributed by atoms with Crippen LogP contribution in [0, 0.1) is 17.5 Å². The third-order valence-electron chi connectivity index (χ3n) is 3.00. The van der Waals surface area contributed by atoms with Crippen molar-refractivity contribution in [2.45, 2.75) is 22.8 Å². The largest absolute Gasteiger partial charge is 0.313 e. The van der Waals surface area contributed by atoms with Gasteiger partial charge >= 0.3 is 0 Å². The molecule has 0 fully saturated rings. The Morgan fingerprint density at radius 1 is 0.950 bits per heavy atom. The van der Waals surface area contributed by atoms with Crippen molar-refractivity contribution < 1.29 is 13.2 Å². The molecule has 106 valence electrons. The highest BCUT2D eigenvalue weighted by molar-refractivity contribution is 7.99. The molecule has 1 atom stereocenters. The van der Waals surface area contributed by atoms with E-state index in [-0.39, 0.29) is 10.9 Å². The molecule has 0 amide bonds. The average Bonchev–Trinajstić information content (AvgIpc) is 2.42. The molecule has 2 aromatic rings. The molecule has 5 heteroatoms. The van der Waals surface area contributed by atoms with Gasteiger partial charge in [-0.3, -0.25) is 0 Å². The summed E-state index contributed by atoms with van der Waals surface area (Å²) in [5, 5.41) is 3.02. The van der Waals surface area contributed by atoms with Gasteiger partial charge in [0.15, 0.2) is 0 Å². The van der Waals surface area contributed by atoms with E-state index >= 15 is 0 Å². The molecule has 0 aliphatic heterocycles. The summed E-state index contributed by atoms with van der Waals surface area (Å²) in [7, 11) is 1.79. The lowest BCUT2D eigenvalue weighted by molar-refractivity contribution is 0.565. The summed E-state index contributed by atoms with van der Waals surface area (Å²) in [6.07, 6.45) is 0. The summed E-state index contributed by atoms with van der Waals surface area (Å²) in [6, 6.07) is 8.09. The molecule has 0 spiro atoms. The fourth-order valence-corrected chi connectivity index (χ4v) is 2.53. The Balaban J connectivity index is 2.25. The molecule has 20 heavy (non-hydrogen) atoms. The summed E-state index contributed by atoms with van der Waals surface area (Å²) in [4.78, 5) is 0.502. The molecule has 0 saturated carbocycles. The fourth-order valence-electron chi connectivity index (χ4n) is 1.71. The summed E-state index contributed by atoms with van der Waals surface area (Å²) < 4.78 is 40.4. The first-order chi connectivity index (χ1) is 9.51. The molecule has 0 aromatic heterocycles. The Bertz CT molecular complexity index is 616. The number of rotatable bonds is 4. The first-order valence-corrected chi connectivity index (χ1v) is 6.92. The normalized spacial score (nSPS) is 12.4. The number of hydrogen-bond donors (Lipinski definition) is 1. The van der Waals surface area contributed by atoms with Gasteiger partial charge in [0.05, 0.1) is 0 Å². The highest BCUT2D eigenvalue weighted by Gasteiger charge is 2.11. The van der Waals surface area contributed by atoms with Crippen LogP contribution in [-0.4, -0.2) is 7.05 Å². The van der Waals surface area contributed by atoms with Crippen molar-refractivity contribution in [3.05, 3.63) is 59.4 Å². The van der Waals surface area contributed by atoms with Gasteiger partial charge in [0.2, 0.25) is 0 Å². The Kier molecular flexibility index (Phi) is 4.73. The van der Waals surface area contributed by atoms with E-state index < -0.39 is 17.5 Å². The van der Waals surface area contributed by atoms with Gasteiger partial charge < -0.3 is 5.32 Å². The van der Waals surface area contributed by atoms with Crippen molar-refractivity contribution in [3.63, 3.8) is 0 Å². The molecular weight excluding hydrogens is 283 g/mol. The average molecular weight is 297 g/mol. The number of benzene rings is 2. The quantitative estimate of drug-likeness (QED) is 0.889. The summed E-state index contributed by atoms with van der Waals surface area (Å²) in [6.45, 7) is 1.92. The maximum absolute atomic E-state index is 14.0. The molecule has 0 aliphatic rings. The van der Waals surface area contributed by atoms with Crippen LogP contribution in [0.4, 0.5) is 13.2 Å². The Morgan fingerprint density at radius 2 is 1.55 bits per heavy atom. The fraction of sp³-hybridized carbons (Fsp3) is 0.200. The van der Waals surface area contributed by atoms with Crippen LogP contribution in [0.15, 0.2) is 46.2 Å². The maximum Gasteiger partial charge on any atom is 0.140 e. The number of halogens is 3. The summed E-state index contributed by atoms with van der Waals surface area (Å²) >= 11 is 0.940. The van der Waals surface area contributed by atoms with E-state index in [1.54, 1.807) is 19.2 Å². The van der Waals surface area contributed by atoms with Crippen molar-refractivity contribution in [1.82, 2.24) is 5.32 Å². The van der Waals surface area contributed by atoms with E-state index in [4.69, 9.17) is 0 Å². The van der Waals surface area contributed by atoms with E-state index in [0.717, 1.165) is 29.5 Å². The van der Waals surface area contributed by atoms with Crippen molar-refractivity contribution in [2.24, 2.45) is 0 Å². The molecule has 0 heterocycles. The Hall–Kier alpha value is -1.46. The van der Waals surface area contributed by atoms with Gasteiger partial charge in [-0.1, -0.05) is 17.8 Å². The third-order valence-corrected chi connectivity index (χ3v) is 4.10. The zero-order chi connectivity index (χ0) is 14.7. The van der Waals surface area contributed by atoms with Crippen LogP contribution in [0.2, 0.25) is 0 Å². The molecule has 1 unspecified atom stereocenters.